The average molecular weight is 441 g/mol. The van der Waals surface area contributed by atoms with Crippen LogP contribution in [-0.4, -0.2) is 42.6 Å². The third kappa shape index (κ3) is 3.92. The highest BCUT2D eigenvalue weighted by atomic mass is 16.2. The van der Waals surface area contributed by atoms with Crippen molar-refractivity contribution in [2.75, 3.05) is 0 Å². The molecule has 32 heavy (non-hydrogen) atoms. The largest absolute Gasteiger partial charge is 0.352 e. The van der Waals surface area contributed by atoms with Crippen LogP contribution in [0.15, 0.2) is 27.8 Å². The number of rotatable bonds is 7. The lowest BCUT2D eigenvalue weighted by Crippen LogP contribution is -2.36. The van der Waals surface area contributed by atoms with Gasteiger partial charge in [-0.25, -0.2) is 13.9 Å². The zero-order valence-corrected chi connectivity index (χ0v) is 18.7. The molecule has 0 saturated heterocycles. The fourth-order valence-electron chi connectivity index (χ4n) is 3.70. The van der Waals surface area contributed by atoms with Gasteiger partial charge in [0, 0.05) is 23.7 Å². The van der Waals surface area contributed by atoms with Crippen molar-refractivity contribution in [1.82, 2.24) is 29.4 Å². The summed E-state index contributed by atoms with van der Waals surface area (Å²) in [5.74, 6) is -0.437. The Bertz CT molecular complexity index is 1330. The summed E-state index contributed by atoms with van der Waals surface area (Å²) in [6.07, 6.45) is 2.43. The first-order valence-corrected chi connectivity index (χ1v) is 11.0. The number of nitrogens with one attached hydrogen (secondary N) is 2. The van der Waals surface area contributed by atoms with E-state index in [0.717, 1.165) is 23.9 Å². The van der Waals surface area contributed by atoms with Crippen molar-refractivity contribution in [3.8, 4) is 0 Å². The molecule has 2 aromatic heterocycles. The van der Waals surface area contributed by atoms with Gasteiger partial charge in [-0.2, -0.15) is 0 Å². The third-order valence-corrected chi connectivity index (χ3v) is 5.63. The lowest BCUT2D eigenvalue weighted by molar-refractivity contribution is -0.122. The highest BCUT2D eigenvalue weighted by Crippen LogP contribution is 2.35. The molecule has 2 heterocycles. The summed E-state index contributed by atoms with van der Waals surface area (Å²) >= 11 is 0. The fourth-order valence-corrected chi connectivity index (χ4v) is 3.70. The van der Waals surface area contributed by atoms with Crippen LogP contribution >= 0.6 is 0 Å². The van der Waals surface area contributed by atoms with Gasteiger partial charge in [0.2, 0.25) is 11.7 Å². The van der Waals surface area contributed by atoms with E-state index < -0.39 is 5.69 Å². The molecule has 0 bridgehead atoms. The summed E-state index contributed by atoms with van der Waals surface area (Å²) in [5.41, 5.74) is -0.135. The smallest absolute Gasteiger partial charge is 0.352 e. The minimum Gasteiger partial charge on any atom is -0.352 e. The molecule has 0 spiro atoms. The molecule has 4 rings (SSSR count). The summed E-state index contributed by atoms with van der Waals surface area (Å²) in [7, 11) is 0. The number of fused-ring (bicyclic) bond motifs is 3. The summed E-state index contributed by atoms with van der Waals surface area (Å²) in [6, 6.07) is 4.61. The van der Waals surface area contributed by atoms with Crippen molar-refractivity contribution in [2.24, 2.45) is 0 Å². The summed E-state index contributed by atoms with van der Waals surface area (Å²) < 4.78 is 3.92. The second kappa shape index (κ2) is 8.25. The van der Waals surface area contributed by atoms with Crippen molar-refractivity contribution in [3.63, 3.8) is 0 Å². The zero-order chi connectivity index (χ0) is 23.2. The van der Waals surface area contributed by atoms with Gasteiger partial charge in [0.15, 0.2) is 0 Å². The fraction of sp³-hybridized carbons (Fsp3) is 0.500. The van der Waals surface area contributed by atoms with Gasteiger partial charge < -0.3 is 10.6 Å². The lowest BCUT2D eigenvalue weighted by Gasteiger charge is -2.13. The minimum atomic E-state index is -0.530. The standard InChI is InChI=1S/C22H28N6O4/c1-5-13(4)24-19(30)14-6-9-16-17(10-14)28-21(27(20(16)31)15-7-8-15)25-26(22(28)32)11-18(29)23-12(2)3/h6,9-10,12-13,15H,5,7-8,11H2,1-4H3,(H,23,29)(H,24,30)/t13-/m1/s1. The van der Waals surface area contributed by atoms with E-state index in [4.69, 9.17) is 0 Å². The molecule has 3 aromatic rings. The third-order valence-electron chi connectivity index (χ3n) is 5.63. The van der Waals surface area contributed by atoms with Gasteiger partial charge in [-0.1, -0.05) is 6.92 Å². The van der Waals surface area contributed by atoms with Gasteiger partial charge in [0.05, 0.1) is 10.9 Å². The number of aromatic nitrogens is 4. The molecule has 1 aromatic carbocycles. The van der Waals surface area contributed by atoms with Crippen LogP contribution in [0, 0.1) is 0 Å². The molecule has 0 radical (unpaired) electrons. The van der Waals surface area contributed by atoms with E-state index in [1.807, 2.05) is 27.7 Å². The predicted molar refractivity (Wildman–Crippen MR) is 120 cm³/mol. The molecule has 1 fully saturated rings. The molecular weight excluding hydrogens is 412 g/mol. The van der Waals surface area contributed by atoms with Gasteiger partial charge in [-0.05, 0) is 58.2 Å². The minimum absolute atomic E-state index is 0.00831. The Balaban J connectivity index is 1.91. The van der Waals surface area contributed by atoms with Crippen LogP contribution in [0.1, 0.15) is 63.4 Å². The summed E-state index contributed by atoms with van der Waals surface area (Å²) in [6.45, 7) is 7.27. The molecule has 1 aliphatic rings. The van der Waals surface area contributed by atoms with E-state index in [1.165, 1.54) is 8.97 Å². The van der Waals surface area contributed by atoms with Gasteiger partial charge in [0.25, 0.3) is 11.5 Å². The Morgan fingerprint density at radius 3 is 2.50 bits per heavy atom. The summed E-state index contributed by atoms with van der Waals surface area (Å²) in [4.78, 5) is 51.4. The topological polar surface area (TPSA) is 120 Å². The van der Waals surface area contributed by atoms with Gasteiger partial charge in [-0.3, -0.25) is 19.0 Å². The quantitative estimate of drug-likeness (QED) is 0.572. The Kier molecular flexibility index (Phi) is 5.62. The molecule has 170 valence electrons. The molecule has 1 aliphatic carbocycles. The van der Waals surface area contributed by atoms with Crippen LogP contribution < -0.4 is 21.9 Å². The van der Waals surface area contributed by atoms with Crippen LogP contribution in [-0.2, 0) is 11.3 Å². The molecule has 10 nitrogen and oxygen atoms in total. The number of carbonyl (C=O) groups is 2. The predicted octanol–water partition coefficient (Wildman–Crippen LogP) is 1.20. The highest BCUT2D eigenvalue weighted by molar-refractivity contribution is 5.98. The van der Waals surface area contributed by atoms with Crippen molar-refractivity contribution < 1.29 is 9.59 Å². The number of nitrogens with zero attached hydrogens (tertiary/aromatic N) is 4. The zero-order valence-electron chi connectivity index (χ0n) is 18.7. The number of hydrogen-bond acceptors (Lipinski definition) is 5. The van der Waals surface area contributed by atoms with E-state index >= 15 is 0 Å². The molecule has 0 aliphatic heterocycles. The molecule has 1 saturated carbocycles. The number of amides is 2. The Morgan fingerprint density at radius 1 is 1.16 bits per heavy atom. The SMILES string of the molecule is CC[C@@H](C)NC(=O)c1ccc2c(=O)n(C3CC3)c3nn(CC(=O)NC(C)C)c(=O)n3c2c1. The molecule has 2 N–H and O–H groups in total. The first-order valence-electron chi connectivity index (χ1n) is 11.0. The molecule has 0 unspecified atom stereocenters. The molecule has 1 atom stereocenters. The van der Waals surface area contributed by atoms with Crippen LogP contribution in [0.4, 0.5) is 0 Å². The van der Waals surface area contributed by atoms with Crippen molar-refractivity contribution >= 4 is 28.5 Å². The first kappa shape index (κ1) is 21.8. The number of benzene rings is 1. The second-order valence-corrected chi connectivity index (χ2v) is 8.72. The molecule has 2 amide bonds. The van der Waals surface area contributed by atoms with Crippen LogP contribution in [0.3, 0.4) is 0 Å². The van der Waals surface area contributed by atoms with Gasteiger partial charge in [-0.15, -0.1) is 5.10 Å². The Morgan fingerprint density at radius 2 is 1.88 bits per heavy atom. The van der Waals surface area contributed by atoms with Crippen molar-refractivity contribution in [1.29, 1.82) is 0 Å². The van der Waals surface area contributed by atoms with E-state index in [0.29, 0.717) is 16.5 Å². The maximum Gasteiger partial charge on any atom is 0.352 e. The van der Waals surface area contributed by atoms with Crippen LogP contribution in [0.2, 0.25) is 0 Å². The van der Waals surface area contributed by atoms with E-state index in [2.05, 4.69) is 15.7 Å². The second-order valence-electron chi connectivity index (χ2n) is 8.72. The van der Waals surface area contributed by atoms with Gasteiger partial charge >= 0.3 is 5.69 Å². The average Bonchev–Trinajstić information content (AvgIpc) is 3.51. The van der Waals surface area contributed by atoms with E-state index in [-0.39, 0.29) is 47.8 Å². The molecule has 10 heteroatoms. The monoisotopic (exact) mass is 440 g/mol. The normalized spacial score (nSPS) is 14.8. The molecular formula is C22H28N6O4. The van der Waals surface area contributed by atoms with Crippen LogP contribution in [0.5, 0.6) is 0 Å². The summed E-state index contributed by atoms with van der Waals surface area (Å²) in [5, 5.41) is 10.3. The Labute approximate surface area is 184 Å². The first-order chi connectivity index (χ1) is 15.2. The van der Waals surface area contributed by atoms with Gasteiger partial charge in [0.1, 0.15) is 6.54 Å². The van der Waals surface area contributed by atoms with E-state index in [1.54, 1.807) is 18.2 Å². The maximum atomic E-state index is 13.2. The maximum absolute atomic E-state index is 13.2. The lowest BCUT2D eigenvalue weighted by atomic mass is 10.1. The van der Waals surface area contributed by atoms with Crippen LogP contribution in [0.25, 0.3) is 16.7 Å². The van der Waals surface area contributed by atoms with E-state index in [9.17, 15) is 19.2 Å². The number of carbonyl (C=O) groups excluding carboxylic acids is 2. The number of hydrogen-bond donors (Lipinski definition) is 2. The Hall–Kier alpha value is -3.43. The van der Waals surface area contributed by atoms with Crippen molar-refractivity contribution in [2.45, 2.75) is 71.6 Å². The highest BCUT2D eigenvalue weighted by Gasteiger charge is 2.30. The van der Waals surface area contributed by atoms with Crippen molar-refractivity contribution in [3.05, 3.63) is 44.6 Å².